The zero-order valence-electron chi connectivity index (χ0n) is 9.82. The third-order valence-electron chi connectivity index (χ3n) is 4.30. The van der Waals surface area contributed by atoms with Gasteiger partial charge in [-0.3, -0.25) is 9.69 Å². The third-order valence-corrected chi connectivity index (χ3v) is 4.30. The molecule has 1 unspecified atom stereocenters. The summed E-state index contributed by atoms with van der Waals surface area (Å²) in [6.07, 6.45) is 5.07. The van der Waals surface area contributed by atoms with Crippen molar-refractivity contribution in [3.05, 3.63) is 0 Å². The lowest BCUT2D eigenvalue weighted by atomic mass is 10.1. The van der Waals surface area contributed by atoms with Crippen LogP contribution >= 0.6 is 0 Å². The van der Waals surface area contributed by atoms with E-state index in [1.54, 1.807) is 0 Å². The minimum atomic E-state index is 0.366. The van der Waals surface area contributed by atoms with Gasteiger partial charge in [0.15, 0.2) is 0 Å². The Morgan fingerprint density at radius 2 is 2.00 bits per heavy atom. The largest absolute Gasteiger partial charge is 0.337 e. The number of carbonyl (C=O) groups is 1. The van der Waals surface area contributed by atoms with Gasteiger partial charge in [-0.05, 0) is 12.8 Å². The van der Waals surface area contributed by atoms with Crippen LogP contribution in [0.4, 0.5) is 0 Å². The normalized spacial score (nSPS) is 33.1. The van der Waals surface area contributed by atoms with Gasteiger partial charge in [0.25, 0.3) is 0 Å². The second kappa shape index (κ2) is 4.34. The number of piperazine rings is 2. The summed E-state index contributed by atoms with van der Waals surface area (Å²) in [5.41, 5.74) is 0. The molecule has 0 aromatic carbocycles. The summed E-state index contributed by atoms with van der Waals surface area (Å²) < 4.78 is 0. The maximum atomic E-state index is 12.1. The van der Waals surface area contributed by atoms with Crippen molar-refractivity contribution >= 4 is 5.91 Å². The number of nitrogens with one attached hydrogen (secondary N) is 1. The Balaban J connectivity index is 1.68. The van der Waals surface area contributed by atoms with Gasteiger partial charge in [-0.25, -0.2) is 0 Å². The molecule has 1 amide bonds. The molecule has 16 heavy (non-hydrogen) atoms. The molecular weight excluding hydrogens is 202 g/mol. The number of hydrogen-bond acceptors (Lipinski definition) is 3. The molecule has 90 valence electrons. The van der Waals surface area contributed by atoms with E-state index in [1.807, 2.05) is 0 Å². The van der Waals surface area contributed by atoms with E-state index in [0.717, 1.165) is 26.2 Å². The van der Waals surface area contributed by atoms with Crippen LogP contribution in [0.1, 0.15) is 25.7 Å². The summed E-state index contributed by atoms with van der Waals surface area (Å²) in [5, 5.41) is 3.43. The van der Waals surface area contributed by atoms with Gasteiger partial charge in [0.1, 0.15) is 0 Å². The van der Waals surface area contributed by atoms with Gasteiger partial charge in [0, 0.05) is 38.3 Å². The van der Waals surface area contributed by atoms with Crippen LogP contribution < -0.4 is 5.32 Å². The highest BCUT2D eigenvalue weighted by Gasteiger charge is 2.37. The third kappa shape index (κ3) is 1.84. The molecule has 1 atom stereocenters. The lowest BCUT2D eigenvalue weighted by molar-refractivity contribution is -0.141. The predicted octanol–water partition coefficient (Wildman–Crippen LogP) is 0.0450. The lowest BCUT2D eigenvalue weighted by Gasteiger charge is -2.45. The fraction of sp³-hybridized carbons (Fsp3) is 0.917. The number of carbonyl (C=O) groups excluding carboxylic acids is 1. The first kappa shape index (κ1) is 10.5. The van der Waals surface area contributed by atoms with Crippen LogP contribution in [0.5, 0.6) is 0 Å². The van der Waals surface area contributed by atoms with Crippen molar-refractivity contribution < 1.29 is 4.79 Å². The number of fused-ring (bicyclic) bond motifs is 1. The Morgan fingerprint density at radius 3 is 2.81 bits per heavy atom. The first-order valence-corrected chi connectivity index (χ1v) is 6.59. The van der Waals surface area contributed by atoms with Crippen LogP contribution in [0.3, 0.4) is 0 Å². The Morgan fingerprint density at radius 1 is 1.19 bits per heavy atom. The molecule has 2 saturated heterocycles. The zero-order valence-corrected chi connectivity index (χ0v) is 9.82. The van der Waals surface area contributed by atoms with Gasteiger partial charge in [-0.2, -0.15) is 0 Å². The molecule has 3 aliphatic rings. The molecule has 0 aromatic rings. The summed E-state index contributed by atoms with van der Waals surface area (Å²) >= 11 is 0. The summed E-state index contributed by atoms with van der Waals surface area (Å²) in [4.78, 5) is 16.6. The minimum absolute atomic E-state index is 0.366. The lowest BCUT2D eigenvalue weighted by Crippen LogP contribution is -2.64. The van der Waals surface area contributed by atoms with E-state index < -0.39 is 0 Å². The van der Waals surface area contributed by atoms with E-state index in [2.05, 4.69) is 15.1 Å². The Labute approximate surface area is 97.0 Å². The van der Waals surface area contributed by atoms with Gasteiger partial charge in [0.05, 0.1) is 6.54 Å². The first-order chi connectivity index (χ1) is 7.84. The molecule has 0 spiro atoms. The van der Waals surface area contributed by atoms with E-state index in [9.17, 15) is 4.79 Å². The van der Waals surface area contributed by atoms with Gasteiger partial charge < -0.3 is 10.2 Å². The molecule has 2 heterocycles. The molecule has 0 bridgehead atoms. The maximum Gasteiger partial charge on any atom is 0.237 e. The zero-order chi connectivity index (χ0) is 11.0. The topological polar surface area (TPSA) is 35.6 Å². The Kier molecular flexibility index (Phi) is 2.86. The van der Waals surface area contributed by atoms with Gasteiger partial charge in [-0.15, -0.1) is 0 Å². The van der Waals surface area contributed by atoms with E-state index in [1.165, 1.54) is 25.7 Å². The summed E-state index contributed by atoms with van der Waals surface area (Å²) in [6, 6.07) is 1.11. The molecule has 4 heteroatoms. The molecule has 0 radical (unpaired) electrons. The maximum absolute atomic E-state index is 12.1. The highest BCUT2D eigenvalue weighted by Crippen LogP contribution is 2.26. The van der Waals surface area contributed by atoms with Crippen LogP contribution in [0.2, 0.25) is 0 Å². The molecular formula is C12H21N3O. The molecule has 1 aliphatic carbocycles. The molecule has 1 saturated carbocycles. The van der Waals surface area contributed by atoms with Crippen LogP contribution in [0, 0.1) is 0 Å². The monoisotopic (exact) mass is 223 g/mol. The van der Waals surface area contributed by atoms with Crippen LogP contribution in [0.25, 0.3) is 0 Å². The molecule has 0 aromatic heterocycles. The van der Waals surface area contributed by atoms with E-state index in [4.69, 9.17) is 0 Å². The number of nitrogens with zero attached hydrogens (tertiary/aromatic N) is 2. The Bertz CT molecular complexity index is 275. The fourth-order valence-electron chi connectivity index (χ4n) is 3.35. The van der Waals surface area contributed by atoms with Crippen molar-refractivity contribution in [1.29, 1.82) is 0 Å². The van der Waals surface area contributed by atoms with Crippen molar-refractivity contribution in [1.82, 2.24) is 15.1 Å². The molecule has 2 aliphatic heterocycles. The van der Waals surface area contributed by atoms with Crippen molar-refractivity contribution in [3.63, 3.8) is 0 Å². The van der Waals surface area contributed by atoms with Gasteiger partial charge in [0.2, 0.25) is 5.91 Å². The van der Waals surface area contributed by atoms with Crippen LogP contribution in [-0.2, 0) is 4.79 Å². The second-order valence-corrected chi connectivity index (χ2v) is 5.31. The number of rotatable bonds is 1. The average Bonchev–Trinajstić information content (AvgIpc) is 2.81. The molecule has 3 fully saturated rings. The average molecular weight is 223 g/mol. The van der Waals surface area contributed by atoms with E-state index in [0.29, 0.717) is 24.5 Å². The van der Waals surface area contributed by atoms with Gasteiger partial charge >= 0.3 is 0 Å². The number of amides is 1. The SMILES string of the molecule is O=C1CN2CCNCC2CN1C1CCCC1. The summed E-state index contributed by atoms with van der Waals surface area (Å²) in [7, 11) is 0. The molecule has 3 rings (SSSR count). The fourth-order valence-corrected chi connectivity index (χ4v) is 3.35. The highest BCUT2D eigenvalue weighted by molar-refractivity contribution is 5.79. The standard InChI is InChI=1S/C12H21N3O/c16-12-9-14-6-5-13-7-11(14)8-15(12)10-3-1-2-4-10/h10-11,13H,1-9H2. The molecule has 4 nitrogen and oxygen atoms in total. The first-order valence-electron chi connectivity index (χ1n) is 6.59. The summed E-state index contributed by atoms with van der Waals surface area (Å²) in [5.74, 6) is 0.366. The van der Waals surface area contributed by atoms with Crippen molar-refractivity contribution in [3.8, 4) is 0 Å². The van der Waals surface area contributed by atoms with Crippen LogP contribution in [-0.4, -0.2) is 60.5 Å². The predicted molar refractivity (Wildman–Crippen MR) is 62.2 cm³/mol. The van der Waals surface area contributed by atoms with Crippen molar-refractivity contribution in [2.75, 3.05) is 32.7 Å². The summed E-state index contributed by atoms with van der Waals surface area (Å²) in [6.45, 7) is 4.73. The quantitative estimate of drug-likeness (QED) is 0.682. The van der Waals surface area contributed by atoms with Gasteiger partial charge in [-0.1, -0.05) is 12.8 Å². The van der Waals surface area contributed by atoms with Crippen molar-refractivity contribution in [2.45, 2.75) is 37.8 Å². The molecule has 1 N–H and O–H groups in total. The van der Waals surface area contributed by atoms with E-state index in [-0.39, 0.29) is 0 Å². The van der Waals surface area contributed by atoms with Crippen LogP contribution in [0.15, 0.2) is 0 Å². The number of hydrogen-bond donors (Lipinski definition) is 1. The Hall–Kier alpha value is -0.610. The minimum Gasteiger partial charge on any atom is -0.337 e. The smallest absolute Gasteiger partial charge is 0.237 e. The highest BCUT2D eigenvalue weighted by atomic mass is 16.2. The second-order valence-electron chi connectivity index (χ2n) is 5.31. The van der Waals surface area contributed by atoms with Crippen molar-refractivity contribution in [2.24, 2.45) is 0 Å². The van der Waals surface area contributed by atoms with E-state index >= 15 is 0 Å².